The fourth-order valence-corrected chi connectivity index (χ4v) is 2.81. The van der Waals surface area contributed by atoms with Crippen LogP contribution in [0.2, 0.25) is 0 Å². The van der Waals surface area contributed by atoms with E-state index in [1.807, 2.05) is 18.2 Å². The molecule has 1 aromatic heterocycles. The summed E-state index contributed by atoms with van der Waals surface area (Å²) in [5.74, 6) is 0. The average molecular weight is 345 g/mol. The Labute approximate surface area is 148 Å². The molecule has 0 spiro atoms. The largest absolute Gasteiger partial charge is 0.450 e. The highest BCUT2D eigenvalue weighted by Gasteiger charge is 2.21. The van der Waals surface area contributed by atoms with Crippen LogP contribution in [0.4, 0.5) is 17.1 Å². The molecule has 4 rings (SSSR count). The third kappa shape index (κ3) is 2.87. The van der Waals surface area contributed by atoms with Crippen LogP contribution in [0.15, 0.2) is 58.4 Å². The predicted octanol–water partition coefficient (Wildman–Crippen LogP) is 0.751. The zero-order chi connectivity index (χ0) is 18.1. The number of benzene rings is 2. The maximum Gasteiger partial charge on any atom is 0.326 e. The van der Waals surface area contributed by atoms with E-state index in [4.69, 9.17) is 5.02 Å². The SMILES string of the molecule is O=c1c(NCc2cccc([B]O)c2)c(Nc2ccc3nc[nH]c3c2)c1=O. The Balaban J connectivity index is 1.53. The second-order valence-corrected chi connectivity index (χ2v) is 5.90. The number of aromatic nitrogens is 2. The highest BCUT2D eigenvalue weighted by atomic mass is 16.2. The molecule has 0 atom stereocenters. The van der Waals surface area contributed by atoms with Crippen molar-refractivity contribution in [3.05, 3.63) is 74.8 Å². The van der Waals surface area contributed by atoms with Crippen molar-refractivity contribution in [3.63, 3.8) is 0 Å². The predicted molar refractivity (Wildman–Crippen MR) is 102 cm³/mol. The number of nitrogens with zero attached hydrogens (tertiary/aromatic N) is 1. The van der Waals surface area contributed by atoms with Crippen LogP contribution in [0.25, 0.3) is 11.0 Å². The van der Waals surface area contributed by atoms with E-state index in [1.54, 1.807) is 30.6 Å². The molecular weight excluding hydrogens is 331 g/mol. The molecule has 0 aliphatic carbocycles. The van der Waals surface area contributed by atoms with Crippen molar-refractivity contribution in [1.82, 2.24) is 9.97 Å². The topological polar surface area (TPSA) is 107 Å². The highest BCUT2D eigenvalue weighted by molar-refractivity contribution is 6.45. The minimum Gasteiger partial charge on any atom is -0.450 e. The lowest BCUT2D eigenvalue weighted by atomic mass is 9.88. The quantitative estimate of drug-likeness (QED) is 0.304. The molecule has 3 aromatic carbocycles. The number of anilines is 3. The summed E-state index contributed by atoms with van der Waals surface area (Å²) in [6.45, 7) is 0.362. The molecule has 1 radical (unpaired) electrons. The van der Waals surface area contributed by atoms with Gasteiger partial charge in [-0.1, -0.05) is 29.7 Å². The van der Waals surface area contributed by atoms with Crippen molar-refractivity contribution in [3.8, 4) is 0 Å². The molecule has 26 heavy (non-hydrogen) atoms. The molecule has 4 N–H and O–H groups in total. The Morgan fingerprint density at radius 1 is 1.08 bits per heavy atom. The van der Waals surface area contributed by atoms with Crippen LogP contribution >= 0.6 is 0 Å². The van der Waals surface area contributed by atoms with E-state index < -0.39 is 10.9 Å². The Morgan fingerprint density at radius 3 is 2.77 bits per heavy atom. The van der Waals surface area contributed by atoms with Gasteiger partial charge in [-0.3, -0.25) is 9.59 Å². The van der Waals surface area contributed by atoms with Gasteiger partial charge in [-0.2, -0.15) is 0 Å². The Morgan fingerprint density at radius 2 is 1.92 bits per heavy atom. The van der Waals surface area contributed by atoms with Crippen molar-refractivity contribution < 1.29 is 5.02 Å². The molecule has 127 valence electrons. The standard InChI is InChI=1S/C18H14BN4O3/c24-17-15(20-8-10-2-1-3-11(6-10)19-26)16(18(17)25)23-12-4-5-13-14(7-12)22-9-21-13/h1-7,9,20,23,26H,8H2,(H,21,22). The maximum absolute atomic E-state index is 11.9. The molecule has 0 bridgehead atoms. The molecule has 0 saturated heterocycles. The monoisotopic (exact) mass is 345 g/mol. The lowest BCUT2D eigenvalue weighted by Crippen LogP contribution is -2.36. The first-order valence-electron chi connectivity index (χ1n) is 7.99. The Bertz CT molecular complexity index is 1160. The lowest BCUT2D eigenvalue weighted by Gasteiger charge is -2.15. The summed E-state index contributed by atoms with van der Waals surface area (Å²) < 4.78 is 0. The average Bonchev–Trinajstić information content (AvgIpc) is 3.15. The minimum absolute atomic E-state index is 0.249. The van der Waals surface area contributed by atoms with Crippen LogP contribution in [-0.4, -0.2) is 22.5 Å². The molecule has 1 heterocycles. The number of hydrogen-bond acceptors (Lipinski definition) is 6. The van der Waals surface area contributed by atoms with Crippen LogP contribution in [0, 0.1) is 0 Å². The summed E-state index contributed by atoms with van der Waals surface area (Å²) in [6, 6.07) is 12.7. The summed E-state index contributed by atoms with van der Waals surface area (Å²) in [5, 5.41) is 15.1. The van der Waals surface area contributed by atoms with Gasteiger partial charge in [-0.15, -0.1) is 0 Å². The fourth-order valence-electron chi connectivity index (χ4n) is 2.81. The van der Waals surface area contributed by atoms with E-state index >= 15 is 0 Å². The minimum atomic E-state index is -0.547. The molecular formula is C18H14BN4O3. The first-order valence-corrected chi connectivity index (χ1v) is 7.99. The third-order valence-electron chi connectivity index (χ3n) is 4.17. The van der Waals surface area contributed by atoms with Crippen molar-refractivity contribution in [2.75, 3.05) is 10.6 Å². The Hall–Kier alpha value is -3.39. The van der Waals surface area contributed by atoms with E-state index in [2.05, 4.69) is 20.6 Å². The number of nitrogens with one attached hydrogen (secondary N) is 3. The summed E-state index contributed by atoms with van der Waals surface area (Å²) in [4.78, 5) is 31.0. The lowest BCUT2D eigenvalue weighted by molar-refractivity contribution is 0.615. The molecule has 0 unspecified atom stereocenters. The van der Waals surface area contributed by atoms with Gasteiger partial charge in [-0.05, 0) is 23.8 Å². The molecule has 0 saturated carbocycles. The molecule has 0 aliphatic heterocycles. The van der Waals surface area contributed by atoms with E-state index in [0.29, 0.717) is 17.7 Å². The van der Waals surface area contributed by atoms with Gasteiger partial charge < -0.3 is 20.6 Å². The molecule has 8 heteroatoms. The van der Waals surface area contributed by atoms with Gasteiger partial charge in [0.2, 0.25) is 0 Å². The first kappa shape index (κ1) is 16.1. The Kier molecular flexibility index (Phi) is 4.02. The van der Waals surface area contributed by atoms with Crippen LogP contribution in [0.1, 0.15) is 5.56 Å². The van der Waals surface area contributed by atoms with Gasteiger partial charge in [0.25, 0.3) is 10.9 Å². The van der Waals surface area contributed by atoms with Gasteiger partial charge in [0.1, 0.15) is 11.4 Å². The normalized spacial score (nSPS) is 11.0. The number of hydrogen-bond donors (Lipinski definition) is 4. The highest BCUT2D eigenvalue weighted by Crippen LogP contribution is 2.23. The van der Waals surface area contributed by atoms with Crippen LogP contribution < -0.4 is 27.0 Å². The summed E-state index contributed by atoms with van der Waals surface area (Å²) in [5.41, 5.74) is 3.31. The molecule has 0 fully saturated rings. The van der Waals surface area contributed by atoms with Gasteiger partial charge >= 0.3 is 7.48 Å². The van der Waals surface area contributed by atoms with Crippen LogP contribution in [0.5, 0.6) is 0 Å². The molecule has 0 aliphatic rings. The molecule has 0 amide bonds. The van der Waals surface area contributed by atoms with Gasteiger partial charge in [0, 0.05) is 12.2 Å². The first-order chi connectivity index (χ1) is 12.7. The van der Waals surface area contributed by atoms with Gasteiger partial charge in [-0.25, -0.2) is 4.98 Å². The maximum atomic E-state index is 11.9. The second-order valence-electron chi connectivity index (χ2n) is 5.90. The van der Waals surface area contributed by atoms with E-state index in [0.717, 1.165) is 24.1 Å². The summed E-state index contributed by atoms with van der Waals surface area (Å²) >= 11 is 0. The number of H-pyrrole nitrogens is 1. The van der Waals surface area contributed by atoms with E-state index in [1.165, 1.54) is 0 Å². The number of rotatable bonds is 6. The van der Waals surface area contributed by atoms with Crippen molar-refractivity contribution in [2.24, 2.45) is 0 Å². The second kappa shape index (κ2) is 6.49. The third-order valence-corrected chi connectivity index (χ3v) is 4.17. The molecule has 4 aromatic rings. The zero-order valence-electron chi connectivity index (χ0n) is 13.6. The summed E-state index contributed by atoms with van der Waals surface area (Å²) in [6.07, 6.45) is 1.59. The van der Waals surface area contributed by atoms with Crippen LogP contribution in [0.3, 0.4) is 0 Å². The van der Waals surface area contributed by atoms with Crippen LogP contribution in [-0.2, 0) is 6.54 Å². The number of fused-ring (bicyclic) bond motifs is 1. The van der Waals surface area contributed by atoms with Crippen molar-refractivity contribution in [2.45, 2.75) is 6.54 Å². The van der Waals surface area contributed by atoms with Gasteiger partial charge in [0.05, 0.1) is 17.4 Å². The van der Waals surface area contributed by atoms with E-state index in [-0.39, 0.29) is 11.4 Å². The smallest absolute Gasteiger partial charge is 0.326 e. The fraction of sp³-hybridized carbons (Fsp3) is 0.0556. The van der Waals surface area contributed by atoms with Crippen molar-refractivity contribution >= 4 is 41.0 Å². The summed E-state index contributed by atoms with van der Waals surface area (Å²) in [7, 11) is 1.01. The molecule has 7 nitrogen and oxygen atoms in total. The van der Waals surface area contributed by atoms with Crippen molar-refractivity contribution in [1.29, 1.82) is 0 Å². The van der Waals surface area contributed by atoms with Gasteiger partial charge in [0.15, 0.2) is 0 Å². The zero-order valence-corrected chi connectivity index (χ0v) is 13.6. The number of aromatic amines is 1. The number of imidazole rings is 1. The van der Waals surface area contributed by atoms with E-state index in [9.17, 15) is 9.59 Å².